The van der Waals surface area contributed by atoms with E-state index in [0.29, 0.717) is 5.69 Å². The van der Waals surface area contributed by atoms with Gasteiger partial charge in [0, 0.05) is 10.2 Å². The van der Waals surface area contributed by atoms with Crippen molar-refractivity contribution in [2.24, 2.45) is 0 Å². The number of para-hydroxylation sites is 1. The first-order chi connectivity index (χ1) is 13.8. The van der Waals surface area contributed by atoms with Crippen molar-refractivity contribution in [1.29, 1.82) is 0 Å². The number of carbonyl (C=O) groups is 1. The lowest BCUT2D eigenvalue weighted by Crippen LogP contribution is -2.38. The number of aryl methyl sites for hydroxylation is 1. The fraction of sp³-hybridized carbons (Fsp3) is 0.0952. The van der Waals surface area contributed by atoms with Crippen molar-refractivity contribution in [2.75, 3.05) is 16.2 Å². The molecule has 0 spiro atoms. The molecule has 3 aromatic carbocycles. The summed E-state index contributed by atoms with van der Waals surface area (Å²) in [5.74, 6) is -0.483. The highest BCUT2D eigenvalue weighted by atomic mass is 79.9. The van der Waals surface area contributed by atoms with E-state index in [2.05, 4.69) is 21.2 Å². The molecule has 0 saturated carbocycles. The van der Waals surface area contributed by atoms with Gasteiger partial charge in [0.2, 0.25) is 5.91 Å². The summed E-state index contributed by atoms with van der Waals surface area (Å²) in [4.78, 5) is 12.7. The van der Waals surface area contributed by atoms with Crippen LogP contribution in [0.3, 0.4) is 0 Å². The molecule has 0 radical (unpaired) electrons. The Labute approximate surface area is 183 Å². The van der Waals surface area contributed by atoms with E-state index in [1.807, 2.05) is 6.92 Å². The highest BCUT2D eigenvalue weighted by Gasteiger charge is 2.28. The number of anilines is 2. The molecule has 0 aliphatic rings. The second kappa shape index (κ2) is 8.98. The van der Waals surface area contributed by atoms with Gasteiger partial charge in [-0.1, -0.05) is 57.4 Å². The summed E-state index contributed by atoms with van der Waals surface area (Å²) >= 11 is 9.59. The first kappa shape index (κ1) is 21.4. The van der Waals surface area contributed by atoms with Crippen molar-refractivity contribution in [2.45, 2.75) is 11.8 Å². The Kier molecular flexibility index (Phi) is 6.62. The molecule has 0 heterocycles. The minimum Gasteiger partial charge on any atom is -0.325 e. The van der Waals surface area contributed by atoms with Gasteiger partial charge >= 0.3 is 0 Å². The van der Waals surface area contributed by atoms with Gasteiger partial charge in [-0.25, -0.2) is 8.42 Å². The average molecular weight is 494 g/mol. The van der Waals surface area contributed by atoms with Crippen LogP contribution in [-0.2, 0) is 14.8 Å². The Bertz CT molecular complexity index is 1120. The summed E-state index contributed by atoms with van der Waals surface area (Å²) in [6.45, 7) is 1.45. The molecule has 3 aromatic rings. The second-order valence-electron chi connectivity index (χ2n) is 6.33. The zero-order valence-corrected chi connectivity index (χ0v) is 18.6. The van der Waals surface area contributed by atoms with E-state index in [-0.39, 0.29) is 15.6 Å². The number of hydrogen-bond acceptors (Lipinski definition) is 3. The SMILES string of the molecule is Cc1ccc(S(=O)(=O)N(CC(=O)Nc2ccc(Br)cc2)c2ccccc2Cl)cc1. The standard InChI is InChI=1S/C21H18BrClN2O3S/c1-15-6-12-18(13-7-15)29(27,28)25(20-5-3-2-4-19(20)23)14-21(26)24-17-10-8-16(22)9-11-17/h2-13H,14H2,1H3,(H,24,26). The van der Waals surface area contributed by atoms with Crippen LogP contribution in [0.25, 0.3) is 0 Å². The lowest BCUT2D eigenvalue weighted by Gasteiger charge is -2.25. The molecule has 150 valence electrons. The van der Waals surface area contributed by atoms with Crippen molar-refractivity contribution in [3.8, 4) is 0 Å². The molecule has 0 atom stereocenters. The summed E-state index contributed by atoms with van der Waals surface area (Å²) in [5, 5.41) is 2.95. The summed E-state index contributed by atoms with van der Waals surface area (Å²) in [7, 11) is -4.01. The number of rotatable bonds is 6. The van der Waals surface area contributed by atoms with Crippen LogP contribution in [0, 0.1) is 6.92 Å². The van der Waals surface area contributed by atoms with Crippen LogP contribution in [-0.4, -0.2) is 20.9 Å². The Hall–Kier alpha value is -2.35. The average Bonchev–Trinajstić information content (AvgIpc) is 2.69. The smallest absolute Gasteiger partial charge is 0.264 e. The molecule has 0 aromatic heterocycles. The molecule has 0 fully saturated rings. The summed E-state index contributed by atoms with van der Waals surface area (Å²) in [6.07, 6.45) is 0. The molecule has 0 aliphatic carbocycles. The minimum absolute atomic E-state index is 0.0828. The molecule has 8 heteroatoms. The second-order valence-corrected chi connectivity index (χ2v) is 9.52. The van der Waals surface area contributed by atoms with Crippen LogP contribution in [0.5, 0.6) is 0 Å². The first-order valence-corrected chi connectivity index (χ1v) is 11.3. The Balaban J connectivity index is 1.95. The van der Waals surface area contributed by atoms with E-state index < -0.39 is 22.5 Å². The van der Waals surface area contributed by atoms with E-state index in [1.54, 1.807) is 60.7 Å². The van der Waals surface area contributed by atoms with Crippen molar-refractivity contribution in [3.63, 3.8) is 0 Å². The molecule has 29 heavy (non-hydrogen) atoms. The maximum absolute atomic E-state index is 13.3. The first-order valence-electron chi connectivity index (χ1n) is 8.67. The number of halogens is 2. The van der Waals surface area contributed by atoms with Gasteiger partial charge in [0.05, 0.1) is 15.6 Å². The van der Waals surface area contributed by atoms with Crippen LogP contribution >= 0.6 is 27.5 Å². The predicted octanol–water partition coefficient (Wildman–Crippen LogP) is 5.24. The van der Waals surface area contributed by atoms with E-state index in [9.17, 15) is 13.2 Å². The van der Waals surface area contributed by atoms with Gasteiger partial charge in [-0.2, -0.15) is 0 Å². The largest absolute Gasteiger partial charge is 0.325 e. The van der Waals surface area contributed by atoms with Gasteiger partial charge in [-0.3, -0.25) is 9.10 Å². The molecule has 0 bridgehead atoms. The topological polar surface area (TPSA) is 66.5 Å². The van der Waals surface area contributed by atoms with Gasteiger partial charge in [0.1, 0.15) is 6.54 Å². The van der Waals surface area contributed by atoms with E-state index in [0.717, 1.165) is 14.3 Å². The highest BCUT2D eigenvalue weighted by molar-refractivity contribution is 9.10. The van der Waals surface area contributed by atoms with Crippen LogP contribution in [0.1, 0.15) is 5.56 Å². The molecule has 1 amide bonds. The predicted molar refractivity (Wildman–Crippen MR) is 120 cm³/mol. The van der Waals surface area contributed by atoms with Crippen molar-refractivity contribution >= 4 is 54.8 Å². The maximum Gasteiger partial charge on any atom is 0.264 e. The summed E-state index contributed by atoms with van der Waals surface area (Å²) < 4.78 is 28.5. The van der Waals surface area contributed by atoms with Crippen LogP contribution in [0.4, 0.5) is 11.4 Å². The quantitative estimate of drug-likeness (QED) is 0.510. The number of benzene rings is 3. The van der Waals surface area contributed by atoms with Crippen molar-refractivity contribution < 1.29 is 13.2 Å². The van der Waals surface area contributed by atoms with Crippen molar-refractivity contribution in [3.05, 3.63) is 87.9 Å². The van der Waals surface area contributed by atoms with Gasteiger partial charge < -0.3 is 5.32 Å². The molecule has 0 saturated heterocycles. The lowest BCUT2D eigenvalue weighted by atomic mass is 10.2. The normalized spacial score (nSPS) is 11.1. The molecule has 1 N–H and O–H groups in total. The number of sulfonamides is 1. The molecule has 0 aliphatic heterocycles. The van der Waals surface area contributed by atoms with Gasteiger partial charge in [-0.05, 0) is 55.5 Å². The molecular weight excluding hydrogens is 476 g/mol. The fourth-order valence-electron chi connectivity index (χ4n) is 2.66. The van der Waals surface area contributed by atoms with E-state index in [1.165, 1.54) is 12.1 Å². The van der Waals surface area contributed by atoms with E-state index >= 15 is 0 Å². The van der Waals surface area contributed by atoms with Crippen LogP contribution in [0.15, 0.2) is 82.2 Å². The number of hydrogen-bond donors (Lipinski definition) is 1. The molecule has 3 rings (SSSR count). The van der Waals surface area contributed by atoms with Gasteiger partial charge in [-0.15, -0.1) is 0 Å². The van der Waals surface area contributed by atoms with E-state index in [4.69, 9.17) is 11.6 Å². The maximum atomic E-state index is 13.3. The van der Waals surface area contributed by atoms with Gasteiger partial charge in [0.25, 0.3) is 10.0 Å². The van der Waals surface area contributed by atoms with Crippen LogP contribution < -0.4 is 9.62 Å². The van der Waals surface area contributed by atoms with Crippen LogP contribution in [0.2, 0.25) is 5.02 Å². The summed E-state index contributed by atoms with van der Waals surface area (Å²) in [5.41, 5.74) is 1.73. The Morgan fingerprint density at radius 1 is 1.00 bits per heavy atom. The third-order valence-electron chi connectivity index (χ3n) is 4.15. The van der Waals surface area contributed by atoms with Crippen molar-refractivity contribution in [1.82, 2.24) is 0 Å². The third-order valence-corrected chi connectivity index (χ3v) is 6.77. The Morgan fingerprint density at radius 3 is 2.24 bits per heavy atom. The van der Waals surface area contributed by atoms with Gasteiger partial charge in [0.15, 0.2) is 0 Å². The monoisotopic (exact) mass is 492 g/mol. The molecule has 0 unspecified atom stereocenters. The minimum atomic E-state index is -4.01. The number of carbonyl (C=O) groups excluding carboxylic acids is 1. The molecule has 5 nitrogen and oxygen atoms in total. The summed E-state index contributed by atoms with van der Waals surface area (Å²) in [6, 6.07) is 20.0. The fourth-order valence-corrected chi connectivity index (χ4v) is 4.65. The number of nitrogens with zero attached hydrogens (tertiary/aromatic N) is 1. The zero-order valence-electron chi connectivity index (χ0n) is 15.5. The molecular formula is C21H18BrClN2O3S. The number of nitrogens with one attached hydrogen (secondary N) is 1. The lowest BCUT2D eigenvalue weighted by molar-refractivity contribution is -0.114. The third kappa shape index (κ3) is 5.18. The zero-order chi connectivity index (χ0) is 21.0. The highest BCUT2D eigenvalue weighted by Crippen LogP contribution is 2.30. The number of amides is 1. The Morgan fingerprint density at radius 2 is 1.62 bits per heavy atom.